The van der Waals surface area contributed by atoms with Gasteiger partial charge in [0.05, 0.1) is 17.3 Å². The molecule has 0 aromatic carbocycles. The summed E-state index contributed by atoms with van der Waals surface area (Å²) in [6.07, 6.45) is 9.48. The van der Waals surface area contributed by atoms with E-state index in [9.17, 15) is 4.79 Å². The van der Waals surface area contributed by atoms with E-state index in [1.807, 2.05) is 12.4 Å². The summed E-state index contributed by atoms with van der Waals surface area (Å²) in [4.78, 5) is 24.1. The van der Waals surface area contributed by atoms with Gasteiger partial charge < -0.3 is 14.7 Å². The number of anilines is 1. The molecular formula is C20H28N6O. The minimum Gasteiger partial charge on any atom is -0.367 e. The van der Waals surface area contributed by atoms with E-state index in [2.05, 4.69) is 36.9 Å². The number of nitrogens with one attached hydrogen (secondary N) is 1. The summed E-state index contributed by atoms with van der Waals surface area (Å²) < 4.78 is 0. The van der Waals surface area contributed by atoms with Crippen molar-refractivity contribution in [1.82, 2.24) is 25.0 Å². The minimum absolute atomic E-state index is 0.319. The fourth-order valence-electron chi connectivity index (χ4n) is 4.70. The first-order chi connectivity index (χ1) is 13.2. The molecule has 1 saturated carbocycles. The van der Waals surface area contributed by atoms with Crippen LogP contribution in [0.1, 0.15) is 43.6 Å². The lowest BCUT2D eigenvalue weighted by Gasteiger charge is -2.38. The quantitative estimate of drug-likeness (QED) is 0.894. The fourth-order valence-corrected chi connectivity index (χ4v) is 4.70. The topological polar surface area (TPSA) is 68.4 Å². The zero-order valence-corrected chi connectivity index (χ0v) is 16.0. The van der Waals surface area contributed by atoms with E-state index in [1.165, 1.54) is 30.5 Å². The van der Waals surface area contributed by atoms with Crippen LogP contribution in [0.5, 0.6) is 0 Å². The molecule has 3 aliphatic rings. The SMILES string of the molecule is CN1CCC[C@H]1CC(=O)N1CCN(c2c(C3CC3)cnc3[nH]ncc23)CC1. The number of hydrogen-bond acceptors (Lipinski definition) is 5. The number of aromatic nitrogens is 3. The zero-order valence-electron chi connectivity index (χ0n) is 16.0. The van der Waals surface area contributed by atoms with Crippen LogP contribution < -0.4 is 4.90 Å². The van der Waals surface area contributed by atoms with Crippen LogP contribution in [0, 0.1) is 0 Å². The van der Waals surface area contributed by atoms with Gasteiger partial charge in [-0.25, -0.2) is 4.98 Å². The van der Waals surface area contributed by atoms with Gasteiger partial charge in [0.2, 0.25) is 5.91 Å². The zero-order chi connectivity index (χ0) is 18.4. The monoisotopic (exact) mass is 368 g/mol. The molecule has 0 spiro atoms. The van der Waals surface area contributed by atoms with Crippen molar-refractivity contribution < 1.29 is 4.79 Å². The van der Waals surface area contributed by atoms with Crippen molar-refractivity contribution in [3.8, 4) is 0 Å². The molecular weight excluding hydrogens is 340 g/mol. The maximum absolute atomic E-state index is 12.8. The molecule has 0 radical (unpaired) electrons. The summed E-state index contributed by atoms with van der Waals surface area (Å²) >= 11 is 0. The average molecular weight is 368 g/mol. The lowest BCUT2D eigenvalue weighted by molar-refractivity contribution is -0.132. The summed E-state index contributed by atoms with van der Waals surface area (Å²) in [7, 11) is 2.14. The standard InChI is InChI=1S/C20H28N6O/c1-24-6-2-3-15(24)11-18(27)25-7-9-26(10-8-25)19-16(14-4-5-14)12-21-20-17(19)13-22-23-20/h12-15H,2-11H2,1H3,(H,21,22,23)/t15-/m0/s1. The van der Waals surface area contributed by atoms with Gasteiger partial charge in [0.25, 0.3) is 0 Å². The van der Waals surface area contributed by atoms with Gasteiger partial charge in [-0.2, -0.15) is 5.10 Å². The van der Waals surface area contributed by atoms with Gasteiger partial charge in [0, 0.05) is 44.8 Å². The molecule has 1 atom stereocenters. The molecule has 1 amide bonds. The van der Waals surface area contributed by atoms with Crippen LogP contribution in [-0.4, -0.2) is 76.7 Å². The van der Waals surface area contributed by atoms with Gasteiger partial charge in [-0.15, -0.1) is 0 Å². The Morgan fingerprint density at radius 1 is 1.15 bits per heavy atom. The van der Waals surface area contributed by atoms with Gasteiger partial charge in [-0.3, -0.25) is 9.89 Å². The molecule has 144 valence electrons. The van der Waals surface area contributed by atoms with Crippen molar-refractivity contribution in [3.05, 3.63) is 18.0 Å². The van der Waals surface area contributed by atoms with E-state index >= 15 is 0 Å². The van der Waals surface area contributed by atoms with E-state index in [-0.39, 0.29) is 0 Å². The number of hydrogen-bond donors (Lipinski definition) is 1. The molecule has 1 aliphatic carbocycles. The highest BCUT2D eigenvalue weighted by atomic mass is 16.2. The number of carbonyl (C=O) groups excluding carboxylic acids is 1. The Kier molecular flexibility index (Phi) is 4.27. The molecule has 5 rings (SSSR count). The number of likely N-dealkylation sites (tertiary alicyclic amines) is 1. The number of amides is 1. The molecule has 3 fully saturated rings. The first-order valence-corrected chi connectivity index (χ1v) is 10.3. The third-order valence-corrected chi connectivity index (χ3v) is 6.53. The predicted molar refractivity (Wildman–Crippen MR) is 105 cm³/mol. The Bertz CT molecular complexity index is 836. The fraction of sp³-hybridized carbons (Fsp3) is 0.650. The number of carbonyl (C=O) groups is 1. The molecule has 0 bridgehead atoms. The van der Waals surface area contributed by atoms with E-state index in [1.54, 1.807) is 0 Å². The summed E-state index contributed by atoms with van der Waals surface area (Å²) in [6.45, 7) is 4.51. The normalized spacial score (nSPS) is 24.1. The van der Waals surface area contributed by atoms with Crippen LogP contribution >= 0.6 is 0 Å². The molecule has 2 aliphatic heterocycles. The highest BCUT2D eigenvalue weighted by molar-refractivity contribution is 5.91. The molecule has 2 saturated heterocycles. The smallest absolute Gasteiger partial charge is 0.224 e. The number of nitrogens with zero attached hydrogens (tertiary/aromatic N) is 5. The van der Waals surface area contributed by atoms with Crippen molar-refractivity contribution in [1.29, 1.82) is 0 Å². The van der Waals surface area contributed by atoms with E-state index in [4.69, 9.17) is 0 Å². The third kappa shape index (κ3) is 3.18. The van der Waals surface area contributed by atoms with Crippen molar-refractivity contribution in [3.63, 3.8) is 0 Å². The van der Waals surface area contributed by atoms with Gasteiger partial charge in [-0.1, -0.05) is 0 Å². The molecule has 27 heavy (non-hydrogen) atoms. The van der Waals surface area contributed by atoms with E-state index < -0.39 is 0 Å². The van der Waals surface area contributed by atoms with Gasteiger partial charge in [0.1, 0.15) is 0 Å². The van der Waals surface area contributed by atoms with Crippen LogP contribution in [0.4, 0.5) is 5.69 Å². The molecule has 4 heterocycles. The summed E-state index contributed by atoms with van der Waals surface area (Å²) in [6, 6.07) is 0.433. The largest absolute Gasteiger partial charge is 0.367 e. The highest BCUT2D eigenvalue weighted by Gasteiger charge is 2.32. The van der Waals surface area contributed by atoms with E-state index in [0.29, 0.717) is 24.3 Å². The first-order valence-electron chi connectivity index (χ1n) is 10.3. The van der Waals surface area contributed by atoms with E-state index in [0.717, 1.165) is 50.2 Å². The highest BCUT2D eigenvalue weighted by Crippen LogP contribution is 2.46. The van der Waals surface area contributed by atoms with Crippen LogP contribution in [-0.2, 0) is 4.79 Å². The van der Waals surface area contributed by atoms with Crippen LogP contribution in [0.15, 0.2) is 12.4 Å². The van der Waals surface area contributed by atoms with Crippen LogP contribution in [0.2, 0.25) is 0 Å². The maximum atomic E-state index is 12.8. The molecule has 7 heteroatoms. The van der Waals surface area contributed by atoms with Crippen molar-refractivity contribution in [2.45, 2.75) is 44.1 Å². The Morgan fingerprint density at radius 3 is 2.67 bits per heavy atom. The van der Waals surface area contributed by atoms with Crippen LogP contribution in [0.25, 0.3) is 11.0 Å². The summed E-state index contributed by atoms with van der Waals surface area (Å²) in [5.74, 6) is 0.961. The Balaban J connectivity index is 1.29. The predicted octanol–water partition coefficient (Wildman–Crippen LogP) is 1.97. The Hall–Kier alpha value is -2.15. The molecule has 1 N–H and O–H groups in total. The Labute approximate surface area is 159 Å². The second kappa shape index (κ2) is 6.78. The lowest BCUT2D eigenvalue weighted by atomic mass is 10.1. The lowest BCUT2D eigenvalue weighted by Crippen LogP contribution is -2.50. The second-order valence-corrected chi connectivity index (χ2v) is 8.32. The van der Waals surface area contributed by atoms with Crippen LogP contribution in [0.3, 0.4) is 0 Å². The molecule has 2 aromatic rings. The number of fused-ring (bicyclic) bond motifs is 1. The first kappa shape index (κ1) is 17.0. The average Bonchev–Trinajstić information content (AvgIpc) is 3.29. The van der Waals surface area contributed by atoms with Gasteiger partial charge in [-0.05, 0) is 50.8 Å². The summed E-state index contributed by atoms with van der Waals surface area (Å²) in [5.41, 5.74) is 3.51. The minimum atomic E-state index is 0.319. The molecule has 0 unspecified atom stereocenters. The molecule has 2 aromatic heterocycles. The Morgan fingerprint density at radius 2 is 1.96 bits per heavy atom. The number of pyridine rings is 1. The number of rotatable bonds is 4. The van der Waals surface area contributed by atoms with Gasteiger partial charge in [0.15, 0.2) is 5.65 Å². The van der Waals surface area contributed by atoms with Crippen molar-refractivity contribution in [2.75, 3.05) is 44.7 Å². The summed E-state index contributed by atoms with van der Waals surface area (Å²) in [5, 5.41) is 8.32. The van der Waals surface area contributed by atoms with Crippen molar-refractivity contribution >= 4 is 22.6 Å². The van der Waals surface area contributed by atoms with Gasteiger partial charge >= 0.3 is 0 Å². The number of aromatic amines is 1. The second-order valence-electron chi connectivity index (χ2n) is 8.32. The molecule has 7 nitrogen and oxygen atoms in total. The number of H-pyrrole nitrogens is 1. The van der Waals surface area contributed by atoms with Crippen molar-refractivity contribution in [2.24, 2.45) is 0 Å². The number of piperazine rings is 1. The third-order valence-electron chi connectivity index (χ3n) is 6.53. The maximum Gasteiger partial charge on any atom is 0.224 e.